The molecular formula is C11H8OS. The Bertz CT molecular complexity index is 482. The standard InChI is InChI=1S/C11H8OS/c1-2-8-3-4-10-9(5-6-12-10)11(8)13-7-1/h1-6H,7H2. The van der Waals surface area contributed by atoms with E-state index < -0.39 is 0 Å². The summed E-state index contributed by atoms with van der Waals surface area (Å²) in [5.41, 5.74) is 2.30. The highest BCUT2D eigenvalue weighted by Crippen LogP contribution is 2.35. The molecule has 0 saturated heterocycles. The van der Waals surface area contributed by atoms with Crippen LogP contribution in [0.3, 0.4) is 0 Å². The average Bonchev–Trinajstić information content (AvgIpc) is 2.65. The lowest BCUT2D eigenvalue weighted by Gasteiger charge is -2.09. The van der Waals surface area contributed by atoms with Crippen LogP contribution in [0.5, 0.6) is 0 Å². The zero-order valence-corrected chi connectivity index (χ0v) is 7.80. The van der Waals surface area contributed by atoms with E-state index >= 15 is 0 Å². The second kappa shape index (κ2) is 2.67. The van der Waals surface area contributed by atoms with Gasteiger partial charge >= 0.3 is 0 Å². The predicted octanol–water partition coefficient (Wildman–Crippen LogP) is 3.55. The van der Waals surface area contributed by atoms with Gasteiger partial charge in [0.25, 0.3) is 0 Å². The molecular weight excluding hydrogens is 180 g/mol. The van der Waals surface area contributed by atoms with Crippen LogP contribution in [-0.2, 0) is 0 Å². The molecule has 1 nitrogen and oxygen atoms in total. The largest absolute Gasteiger partial charge is 0.464 e. The van der Waals surface area contributed by atoms with E-state index in [2.05, 4.69) is 18.2 Å². The van der Waals surface area contributed by atoms with Crippen LogP contribution in [0, 0.1) is 0 Å². The Morgan fingerprint density at radius 3 is 3.23 bits per heavy atom. The van der Waals surface area contributed by atoms with Crippen molar-refractivity contribution in [2.45, 2.75) is 4.90 Å². The van der Waals surface area contributed by atoms with Crippen LogP contribution in [0.25, 0.3) is 17.0 Å². The minimum Gasteiger partial charge on any atom is -0.464 e. The molecule has 1 aliphatic heterocycles. The van der Waals surface area contributed by atoms with Crippen LogP contribution in [0.4, 0.5) is 0 Å². The van der Waals surface area contributed by atoms with E-state index in [1.54, 1.807) is 6.26 Å². The average molecular weight is 188 g/mol. The number of hydrogen-bond donors (Lipinski definition) is 0. The summed E-state index contributed by atoms with van der Waals surface area (Å²) in [6.45, 7) is 0. The van der Waals surface area contributed by atoms with Crippen molar-refractivity contribution in [1.82, 2.24) is 0 Å². The summed E-state index contributed by atoms with van der Waals surface area (Å²) in [5.74, 6) is 1.07. The SMILES string of the molecule is C1=Cc2ccc3occc3c2SC1. The molecule has 2 aromatic rings. The molecule has 2 heterocycles. The lowest BCUT2D eigenvalue weighted by molar-refractivity contribution is 0.615. The van der Waals surface area contributed by atoms with Crippen LogP contribution >= 0.6 is 11.8 Å². The first-order valence-electron chi connectivity index (χ1n) is 4.25. The fourth-order valence-electron chi connectivity index (χ4n) is 1.63. The maximum absolute atomic E-state index is 5.35. The molecule has 0 aliphatic carbocycles. The number of benzene rings is 1. The second-order valence-corrected chi connectivity index (χ2v) is 4.06. The Kier molecular flexibility index (Phi) is 1.49. The van der Waals surface area contributed by atoms with E-state index in [1.165, 1.54) is 15.8 Å². The summed E-state index contributed by atoms with van der Waals surface area (Å²) in [6, 6.07) is 6.19. The van der Waals surface area contributed by atoms with Gasteiger partial charge in [0, 0.05) is 16.0 Å². The van der Waals surface area contributed by atoms with E-state index in [9.17, 15) is 0 Å². The highest BCUT2D eigenvalue weighted by molar-refractivity contribution is 7.99. The van der Waals surface area contributed by atoms with Crippen molar-refractivity contribution in [3.8, 4) is 0 Å². The molecule has 1 aromatic heterocycles. The van der Waals surface area contributed by atoms with E-state index in [0.29, 0.717) is 0 Å². The number of furan rings is 1. The van der Waals surface area contributed by atoms with Crippen molar-refractivity contribution in [3.63, 3.8) is 0 Å². The Hall–Kier alpha value is -1.15. The normalized spacial score (nSPS) is 14.8. The van der Waals surface area contributed by atoms with Gasteiger partial charge in [-0.25, -0.2) is 0 Å². The summed E-state index contributed by atoms with van der Waals surface area (Å²) in [4.78, 5) is 1.36. The minimum atomic E-state index is 0.988. The fraction of sp³-hybridized carbons (Fsp3) is 0.0909. The molecule has 0 fully saturated rings. The first-order chi connectivity index (χ1) is 6.45. The van der Waals surface area contributed by atoms with Gasteiger partial charge in [0.05, 0.1) is 6.26 Å². The van der Waals surface area contributed by atoms with Gasteiger partial charge in [0.1, 0.15) is 5.58 Å². The van der Waals surface area contributed by atoms with Crippen molar-refractivity contribution in [2.24, 2.45) is 0 Å². The molecule has 64 valence electrons. The van der Waals surface area contributed by atoms with Crippen molar-refractivity contribution >= 4 is 28.8 Å². The smallest absolute Gasteiger partial charge is 0.135 e. The summed E-state index contributed by atoms with van der Waals surface area (Å²) < 4.78 is 5.35. The molecule has 0 unspecified atom stereocenters. The zero-order chi connectivity index (χ0) is 8.67. The summed E-state index contributed by atoms with van der Waals surface area (Å²) in [7, 11) is 0. The fourth-order valence-corrected chi connectivity index (χ4v) is 2.62. The van der Waals surface area contributed by atoms with E-state index in [1.807, 2.05) is 23.9 Å². The highest BCUT2D eigenvalue weighted by Gasteiger charge is 2.10. The van der Waals surface area contributed by atoms with Crippen molar-refractivity contribution in [2.75, 3.05) is 5.75 Å². The van der Waals surface area contributed by atoms with Gasteiger partial charge in [0.2, 0.25) is 0 Å². The van der Waals surface area contributed by atoms with Crippen LogP contribution in [0.15, 0.2) is 39.9 Å². The van der Waals surface area contributed by atoms with Crippen LogP contribution in [0.1, 0.15) is 5.56 Å². The van der Waals surface area contributed by atoms with E-state index in [-0.39, 0.29) is 0 Å². The molecule has 0 spiro atoms. The Morgan fingerprint density at radius 2 is 2.23 bits per heavy atom. The number of thioether (sulfide) groups is 1. The third-order valence-electron chi connectivity index (χ3n) is 2.24. The van der Waals surface area contributed by atoms with Gasteiger partial charge in [-0.05, 0) is 17.7 Å². The van der Waals surface area contributed by atoms with Crippen LogP contribution in [-0.4, -0.2) is 5.75 Å². The second-order valence-electron chi connectivity index (χ2n) is 3.03. The molecule has 1 aliphatic rings. The maximum Gasteiger partial charge on any atom is 0.135 e. The first-order valence-corrected chi connectivity index (χ1v) is 5.23. The Morgan fingerprint density at radius 1 is 1.23 bits per heavy atom. The van der Waals surface area contributed by atoms with E-state index in [4.69, 9.17) is 4.42 Å². The molecule has 2 heteroatoms. The highest BCUT2D eigenvalue weighted by atomic mass is 32.2. The molecule has 0 atom stereocenters. The molecule has 1 aromatic carbocycles. The summed E-state index contributed by atoms with van der Waals surface area (Å²) in [6.07, 6.45) is 6.13. The molecule has 3 rings (SSSR count). The Labute approximate surface area is 80.4 Å². The lowest BCUT2D eigenvalue weighted by atomic mass is 10.1. The van der Waals surface area contributed by atoms with Crippen molar-refractivity contribution in [1.29, 1.82) is 0 Å². The molecule has 0 radical (unpaired) electrons. The maximum atomic E-state index is 5.35. The third kappa shape index (κ3) is 1.02. The predicted molar refractivity (Wildman–Crippen MR) is 56.0 cm³/mol. The van der Waals surface area contributed by atoms with Gasteiger partial charge in [-0.15, -0.1) is 11.8 Å². The first kappa shape index (κ1) is 7.27. The van der Waals surface area contributed by atoms with E-state index in [0.717, 1.165) is 11.3 Å². The molecule has 13 heavy (non-hydrogen) atoms. The number of fused-ring (bicyclic) bond motifs is 3. The van der Waals surface area contributed by atoms with Gasteiger partial charge in [0.15, 0.2) is 0 Å². The molecule has 0 N–H and O–H groups in total. The van der Waals surface area contributed by atoms with Gasteiger partial charge in [-0.3, -0.25) is 0 Å². The van der Waals surface area contributed by atoms with Gasteiger partial charge in [-0.1, -0.05) is 18.2 Å². The van der Waals surface area contributed by atoms with Crippen molar-refractivity contribution in [3.05, 3.63) is 36.1 Å². The third-order valence-corrected chi connectivity index (χ3v) is 3.34. The summed E-state index contributed by atoms with van der Waals surface area (Å²) in [5, 5.41) is 1.24. The van der Waals surface area contributed by atoms with Gasteiger partial charge < -0.3 is 4.42 Å². The van der Waals surface area contributed by atoms with Crippen molar-refractivity contribution < 1.29 is 4.42 Å². The van der Waals surface area contributed by atoms with Crippen LogP contribution in [0.2, 0.25) is 0 Å². The molecule has 0 saturated carbocycles. The quantitative estimate of drug-likeness (QED) is 0.627. The molecule has 0 bridgehead atoms. The molecule has 0 amide bonds. The monoisotopic (exact) mass is 188 g/mol. The number of rotatable bonds is 0. The van der Waals surface area contributed by atoms with Gasteiger partial charge in [-0.2, -0.15) is 0 Å². The zero-order valence-electron chi connectivity index (χ0n) is 6.99. The minimum absolute atomic E-state index is 0.988. The lowest BCUT2D eigenvalue weighted by Crippen LogP contribution is -1.87. The topological polar surface area (TPSA) is 13.1 Å². The summed E-state index contributed by atoms with van der Waals surface area (Å²) >= 11 is 1.88. The Balaban J connectivity index is 2.42. The number of hydrogen-bond acceptors (Lipinski definition) is 2. The van der Waals surface area contributed by atoms with Crippen LogP contribution < -0.4 is 0 Å².